The Balaban J connectivity index is 1.87. The molecule has 0 aromatic heterocycles. The van der Waals surface area contributed by atoms with Gasteiger partial charge in [-0.25, -0.2) is 13.2 Å². The zero-order valence-corrected chi connectivity index (χ0v) is 19.7. The van der Waals surface area contributed by atoms with E-state index in [9.17, 15) is 18.0 Å². The standard InChI is InChI=1S/C24H23ClN2O5S/c1-16-6-10-21(11-7-16)33(31,32)27(20-9-8-17(2)22(25)13-20)15-23(28)26-14-18-4-3-5-19(12-18)24(29)30/h3-13H,14-15H2,1-2H3,(H,26,28)(H,29,30). The van der Waals surface area contributed by atoms with Crippen LogP contribution in [0.25, 0.3) is 0 Å². The number of carboxylic acid groups (broad SMARTS) is 1. The molecule has 0 heterocycles. The number of nitrogens with one attached hydrogen (secondary N) is 1. The first kappa shape index (κ1) is 24.3. The minimum atomic E-state index is -4.06. The lowest BCUT2D eigenvalue weighted by atomic mass is 10.1. The Hall–Kier alpha value is -3.36. The number of carbonyl (C=O) groups is 2. The lowest BCUT2D eigenvalue weighted by Gasteiger charge is -2.24. The number of carbonyl (C=O) groups excluding carboxylic acids is 1. The van der Waals surface area contributed by atoms with Crippen LogP contribution < -0.4 is 9.62 Å². The Bertz CT molecular complexity index is 1290. The first-order valence-corrected chi connectivity index (χ1v) is 11.8. The molecule has 0 aliphatic rings. The molecular formula is C24H23ClN2O5S. The summed E-state index contributed by atoms with van der Waals surface area (Å²) in [6.07, 6.45) is 0. The van der Waals surface area contributed by atoms with Gasteiger partial charge in [-0.2, -0.15) is 0 Å². The molecule has 0 saturated carbocycles. The maximum Gasteiger partial charge on any atom is 0.335 e. The summed E-state index contributed by atoms with van der Waals surface area (Å²) in [4.78, 5) is 23.9. The first-order valence-electron chi connectivity index (χ1n) is 10.0. The third-order valence-corrected chi connectivity index (χ3v) is 7.20. The van der Waals surface area contributed by atoms with E-state index in [-0.39, 0.29) is 22.7 Å². The zero-order valence-electron chi connectivity index (χ0n) is 18.1. The molecule has 3 rings (SSSR count). The number of nitrogens with zero attached hydrogens (tertiary/aromatic N) is 1. The Morgan fingerprint density at radius 2 is 1.70 bits per heavy atom. The van der Waals surface area contributed by atoms with Gasteiger partial charge in [-0.05, 0) is 61.4 Å². The predicted molar refractivity (Wildman–Crippen MR) is 127 cm³/mol. The van der Waals surface area contributed by atoms with Gasteiger partial charge in [0.15, 0.2) is 0 Å². The van der Waals surface area contributed by atoms with E-state index in [1.54, 1.807) is 43.3 Å². The van der Waals surface area contributed by atoms with E-state index in [4.69, 9.17) is 16.7 Å². The van der Waals surface area contributed by atoms with Crippen LogP contribution >= 0.6 is 11.6 Å². The average Bonchev–Trinajstić information content (AvgIpc) is 2.78. The van der Waals surface area contributed by atoms with Crippen LogP contribution in [0.4, 0.5) is 5.69 Å². The van der Waals surface area contributed by atoms with Crippen LogP contribution in [0.5, 0.6) is 0 Å². The van der Waals surface area contributed by atoms with Crippen molar-refractivity contribution in [1.82, 2.24) is 5.32 Å². The number of sulfonamides is 1. The van der Waals surface area contributed by atoms with E-state index in [0.717, 1.165) is 15.4 Å². The minimum Gasteiger partial charge on any atom is -0.478 e. The van der Waals surface area contributed by atoms with Gasteiger partial charge in [-0.15, -0.1) is 0 Å². The molecule has 0 atom stereocenters. The molecule has 0 aliphatic carbocycles. The van der Waals surface area contributed by atoms with Crippen LogP contribution in [0.15, 0.2) is 71.6 Å². The molecule has 172 valence electrons. The summed E-state index contributed by atoms with van der Waals surface area (Å²) in [6.45, 7) is 3.21. The summed E-state index contributed by atoms with van der Waals surface area (Å²) in [6, 6.07) is 17.3. The van der Waals surface area contributed by atoms with Gasteiger partial charge in [-0.3, -0.25) is 9.10 Å². The van der Waals surface area contributed by atoms with Crippen LogP contribution in [0.2, 0.25) is 5.02 Å². The molecular weight excluding hydrogens is 464 g/mol. The van der Waals surface area contributed by atoms with Crippen LogP contribution in [0.1, 0.15) is 27.0 Å². The van der Waals surface area contributed by atoms with Gasteiger partial charge in [0.25, 0.3) is 10.0 Å². The summed E-state index contributed by atoms with van der Waals surface area (Å²) in [5.74, 6) is -1.63. The smallest absolute Gasteiger partial charge is 0.335 e. The third-order valence-electron chi connectivity index (χ3n) is 5.00. The number of hydrogen-bond acceptors (Lipinski definition) is 4. The largest absolute Gasteiger partial charge is 0.478 e. The summed E-state index contributed by atoms with van der Waals surface area (Å²) in [5.41, 5.74) is 2.61. The Morgan fingerprint density at radius 3 is 2.33 bits per heavy atom. The minimum absolute atomic E-state index is 0.0479. The number of anilines is 1. The van der Waals surface area contributed by atoms with Gasteiger partial charge in [-0.1, -0.05) is 47.5 Å². The molecule has 0 aliphatic heterocycles. The average molecular weight is 487 g/mol. The molecule has 0 saturated heterocycles. The van der Waals surface area contributed by atoms with Crippen molar-refractivity contribution >= 4 is 39.2 Å². The number of rotatable bonds is 8. The molecule has 9 heteroatoms. The number of halogens is 1. The lowest BCUT2D eigenvalue weighted by Crippen LogP contribution is -2.40. The summed E-state index contributed by atoms with van der Waals surface area (Å²) in [7, 11) is -4.06. The van der Waals surface area contributed by atoms with Crippen molar-refractivity contribution in [3.8, 4) is 0 Å². The van der Waals surface area contributed by atoms with Crippen molar-refractivity contribution in [2.75, 3.05) is 10.8 Å². The zero-order chi connectivity index (χ0) is 24.2. The van der Waals surface area contributed by atoms with E-state index in [0.29, 0.717) is 10.6 Å². The molecule has 3 aromatic rings. The highest BCUT2D eigenvalue weighted by molar-refractivity contribution is 7.92. The fraction of sp³-hybridized carbons (Fsp3) is 0.167. The SMILES string of the molecule is Cc1ccc(S(=O)(=O)N(CC(=O)NCc2cccc(C(=O)O)c2)c2ccc(C)c(Cl)c2)cc1. The molecule has 0 spiro atoms. The second-order valence-electron chi connectivity index (χ2n) is 7.54. The fourth-order valence-electron chi connectivity index (χ4n) is 3.09. The molecule has 0 unspecified atom stereocenters. The number of carboxylic acids is 1. The number of benzene rings is 3. The quantitative estimate of drug-likeness (QED) is 0.497. The van der Waals surface area contributed by atoms with Crippen molar-refractivity contribution in [3.05, 3.63) is 94.0 Å². The second kappa shape index (κ2) is 10.1. The Morgan fingerprint density at radius 1 is 1.00 bits per heavy atom. The van der Waals surface area contributed by atoms with Gasteiger partial charge >= 0.3 is 5.97 Å². The second-order valence-corrected chi connectivity index (χ2v) is 9.81. The highest BCUT2D eigenvalue weighted by Gasteiger charge is 2.27. The third kappa shape index (κ3) is 5.91. The van der Waals surface area contributed by atoms with E-state index < -0.39 is 28.4 Å². The molecule has 7 nitrogen and oxygen atoms in total. The molecule has 0 fully saturated rings. The predicted octanol–water partition coefficient (Wildman–Crippen LogP) is 4.17. The van der Waals surface area contributed by atoms with Crippen molar-refractivity contribution < 1.29 is 23.1 Å². The molecule has 33 heavy (non-hydrogen) atoms. The molecule has 0 radical (unpaired) electrons. The number of amides is 1. The highest BCUT2D eigenvalue weighted by Crippen LogP contribution is 2.28. The van der Waals surface area contributed by atoms with Gasteiger partial charge in [0.2, 0.25) is 5.91 Å². The molecule has 2 N–H and O–H groups in total. The fourth-order valence-corrected chi connectivity index (χ4v) is 4.68. The van der Waals surface area contributed by atoms with Crippen molar-refractivity contribution in [2.45, 2.75) is 25.3 Å². The maximum atomic E-state index is 13.4. The normalized spacial score (nSPS) is 11.1. The van der Waals surface area contributed by atoms with Crippen molar-refractivity contribution in [1.29, 1.82) is 0 Å². The summed E-state index contributed by atoms with van der Waals surface area (Å²) >= 11 is 6.22. The first-order chi connectivity index (χ1) is 15.6. The van der Waals surface area contributed by atoms with Crippen molar-refractivity contribution in [3.63, 3.8) is 0 Å². The lowest BCUT2D eigenvalue weighted by molar-refractivity contribution is -0.119. The van der Waals surface area contributed by atoms with E-state index in [2.05, 4.69) is 5.32 Å². The van der Waals surface area contributed by atoms with Gasteiger partial charge in [0, 0.05) is 11.6 Å². The maximum absolute atomic E-state index is 13.4. The number of hydrogen-bond donors (Lipinski definition) is 2. The van der Waals surface area contributed by atoms with Gasteiger partial charge < -0.3 is 10.4 Å². The molecule has 1 amide bonds. The van der Waals surface area contributed by atoms with Crippen LogP contribution in [-0.4, -0.2) is 31.9 Å². The topological polar surface area (TPSA) is 104 Å². The highest BCUT2D eigenvalue weighted by atomic mass is 35.5. The summed E-state index contributed by atoms with van der Waals surface area (Å²) < 4.78 is 27.8. The van der Waals surface area contributed by atoms with Crippen molar-refractivity contribution in [2.24, 2.45) is 0 Å². The Kier molecular flexibility index (Phi) is 7.40. The van der Waals surface area contributed by atoms with Gasteiger partial charge in [0.05, 0.1) is 16.1 Å². The van der Waals surface area contributed by atoms with E-state index in [1.807, 2.05) is 6.92 Å². The van der Waals surface area contributed by atoms with Gasteiger partial charge in [0.1, 0.15) is 6.54 Å². The van der Waals surface area contributed by atoms with E-state index in [1.165, 1.54) is 30.3 Å². The Labute approximate surface area is 197 Å². The van der Waals surface area contributed by atoms with Crippen LogP contribution in [-0.2, 0) is 21.4 Å². The van der Waals surface area contributed by atoms with Crippen LogP contribution in [0.3, 0.4) is 0 Å². The molecule has 3 aromatic carbocycles. The van der Waals surface area contributed by atoms with E-state index >= 15 is 0 Å². The monoisotopic (exact) mass is 486 g/mol. The summed E-state index contributed by atoms with van der Waals surface area (Å²) in [5, 5.41) is 12.1. The number of aryl methyl sites for hydroxylation is 2. The van der Waals surface area contributed by atoms with Crippen LogP contribution in [0, 0.1) is 13.8 Å². The number of aromatic carboxylic acids is 1. The molecule has 0 bridgehead atoms.